The summed E-state index contributed by atoms with van der Waals surface area (Å²) < 4.78 is 3.76. The Balaban J connectivity index is 0.00000225. The van der Waals surface area contributed by atoms with Crippen LogP contribution in [0, 0.1) is 0 Å². The van der Waals surface area contributed by atoms with Crippen LogP contribution in [0.1, 0.15) is 35.6 Å². The Bertz CT molecular complexity index is 329. The van der Waals surface area contributed by atoms with Crippen molar-refractivity contribution in [3.8, 4) is 0 Å². The second kappa shape index (κ2) is 7.54. The van der Waals surface area contributed by atoms with Gasteiger partial charge in [-0.3, -0.25) is 4.79 Å². The van der Waals surface area contributed by atoms with Crippen molar-refractivity contribution in [2.75, 3.05) is 6.54 Å². The highest BCUT2D eigenvalue weighted by atomic mass is 35.5. The van der Waals surface area contributed by atoms with Gasteiger partial charge in [0.25, 0.3) is 5.91 Å². The standard InChI is InChI=1S/C9H16N4OS.ClH/c1-3-7-8(15-13-12-7)9(14)11-5-4-6(2)10;/h6H,3-5,10H2,1-2H3,(H,11,14);1H. The molecule has 1 rings (SSSR count). The van der Waals surface area contributed by atoms with Gasteiger partial charge in [0, 0.05) is 12.6 Å². The number of amides is 1. The number of nitrogens with two attached hydrogens (primary N) is 1. The van der Waals surface area contributed by atoms with Crippen LogP contribution in [-0.4, -0.2) is 28.1 Å². The fraction of sp³-hybridized carbons (Fsp3) is 0.667. The molecule has 0 radical (unpaired) electrons. The predicted octanol–water partition coefficient (Wildman–Crippen LogP) is 0.989. The molecular formula is C9H17ClN4OS. The number of carbonyl (C=O) groups is 1. The van der Waals surface area contributed by atoms with Gasteiger partial charge in [0.15, 0.2) is 0 Å². The molecule has 1 atom stereocenters. The van der Waals surface area contributed by atoms with Crippen LogP contribution in [0.25, 0.3) is 0 Å². The van der Waals surface area contributed by atoms with E-state index in [0.29, 0.717) is 11.4 Å². The van der Waals surface area contributed by atoms with Crippen LogP contribution in [0.15, 0.2) is 0 Å². The first-order chi connectivity index (χ1) is 7.15. The van der Waals surface area contributed by atoms with E-state index in [1.807, 2.05) is 13.8 Å². The second-order valence-electron chi connectivity index (χ2n) is 3.42. The highest BCUT2D eigenvalue weighted by Crippen LogP contribution is 2.10. The normalized spacial score (nSPS) is 11.7. The molecule has 1 unspecified atom stereocenters. The fourth-order valence-electron chi connectivity index (χ4n) is 1.11. The molecule has 16 heavy (non-hydrogen) atoms. The monoisotopic (exact) mass is 264 g/mol. The summed E-state index contributed by atoms with van der Waals surface area (Å²) in [6.45, 7) is 4.46. The molecule has 92 valence electrons. The quantitative estimate of drug-likeness (QED) is 0.831. The van der Waals surface area contributed by atoms with Crippen molar-refractivity contribution in [1.29, 1.82) is 0 Å². The minimum absolute atomic E-state index is 0. The number of hydrogen-bond donors (Lipinski definition) is 2. The van der Waals surface area contributed by atoms with Crippen LogP contribution in [0.5, 0.6) is 0 Å². The van der Waals surface area contributed by atoms with Crippen LogP contribution < -0.4 is 11.1 Å². The predicted molar refractivity (Wildman–Crippen MR) is 67.1 cm³/mol. The number of aromatic nitrogens is 2. The third-order valence-electron chi connectivity index (χ3n) is 1.98. The third kappa shape index (κ3) is 4.42. The molecule has 1 aromatic heterocycles. The lowest BCUT2D eigenvalue weighted by molar-refractivity contribution is 0.0956. The largest absolute Gasteiger partial charge is 0.351 e. The maximum atomic E-state index is 11.6. The lowest BCUT2D eigenvalue weighted by atomic mass is 10.2. The van der Waals surface area contributed by atoms with Crippen LogP contribution in [-0.2, 0) is 6.42 Å². The molecule has 0 spiro atoms. The number of hydrogen-bond acceptors (Lipinski definition) is 5. The smallest absolute Gasteiger partial charge is 0.264 e. The van der Waals surface area contributed by atoms with Gasteiger partial charge in [-0.05, 0) is 31.3 Å². The van der Waals surface area contributed by atoms with E-state index in [0.717, 1.165) is 30.1 Å². The summed E-state index contributed by atoms with van der Waals surface area (Å²) >= 11 is 1.14. The number of nitrogens with one attached hydrogen (secondary N) is 1. The number of rotatable bonds is 5. The van der Waals surface area contributed by atoms with Gasteiger partial charge in [0.1, 0.15) is 4.88 Å². The van der Waals surface area contributed by atoms with Gasteiger partial charge in [-0.2, -0.15) is 0 Å². The van der Waals surface area contributed by atoms with E-state index in [1.54, 1.807) is 0 Å². The Morgan fingerprint density at radius 1 is 1.62 bits per heavy atom. The first kappa shape index (κ1) is 15.3. The Labute approximate surface area is 105 Å². The molecule has 0 saturated heterocycles. The van der Waals surface area contributed by atoms with Crippen LogP contribution in [0.2, 0.25) is 0 Å². The lowest BCUT2D eigenvalue weighted by Gasteiger charge is -2.06. The van der Waals surface area contributed by atoms with Crippen LogP contribution in [0.4, 0.5) is 0 Å². The van der Waals surface area contributed by atoms with Crippen molar-refractivity contribution in [1.82, 2.24) is 14.9 Å². The number of halogens is 1. The number of aryl methyl sites for hydroxylation is 1. The van der Waals surface area contributed by atoms with Crippen molar-refractivity contribution in [3.05, 3.63) is 10.6 Å². The fourth-order valence-corrected chi connectivity index (χ4v) is 1.77. The summed E-state index contributed by atoms with van der Waals surface area (Å²) in [4.78, 5) is 12.3. The molecule has 1 heterocycles. The molecule has 0 aliphatic rings. The molecule has 0 fully saturated rings. The van der Waals surface area contributed by atoms with Crippen molar-refractivity contribution < 1.29 is 4.79 Å². The SMILES string of the molecule is CCc1nnsc1C(=O)NCCC(C)N.Cl. The summed E-state index contributed by atoms with van der Waals surface area (Å²) in [6, 6.07) is 0.107. The van der Waals surface area contributed by atoms with Gasteiger partial charge < -0.3 is 11.1 Å². The summed E-state index contributed by atoms with van der Waals surface area (Å²) in [7, 11) is 0. The Morgan fingerprint density at radius 2 is 2.31 bits per heavy atom. The Hall–Kier alpha value is -0.720. The highest BCUT2D eigenvalue weighted by molar-refractivity contribution is 7.08. The topological polar surface area (TPSA) is 80.9 Å². The minimum atomic E-state index is -0.0949. The van der Waals surface area contributed by atoms with Gasteiger partial charge in [-0.25, -0.2) is 0 Å². The molecule has 0 bridgehead atoms. The zero-order valence-corrected chi connectivity index (χ0v) is 11.0. The van der Waals surface area contributed by atoms with Crippen molar-refractivity contribution in [2.24, 2.45) is 5.73 Å². The molecule has 0 aliphatic carbocycles. The van der Waals surface area contributed by atoms with Crippen LogP contribution >= 0.6 is 23.9 Å². The first-order valence-electron chi connectivity index (χ1n) is 5.00. The maximum absolute atomic E-state index is 11.6. The van der Waals surface area contributed by atoms with E-state index in [1.165, 1.54) is 0 Å². The molecule has 0 aliphatic heterocycles. The molecular weight excluding hydrogens is 248 g/mol. The summed E-state index contributed by atoms with van der Waals surface area (Å²) in [5.41, 5.74) is 6.34. The second-order valence-corrected chi connectivity index (χ2v) is 4.18. The average Bonchev–Trinajstić information content (AvgIpc) is 2.64. The zero-order chi connectivity index (χ0) is 11.3. The van der Waals surface area contributed by atoms with E-state index in [9.17, 15) is 4.79 Å². The molecule has 0 aromatic carbocycles. The Morgan fingerprint density at radius 3 is 2.88 bits per heavy atom. The van der Waals surface area contributed by atoms with Gasteiger partial charge in [-0.15, -0.1) is 17.5 Å². The lowest BCUT2D eigenvalue weighted by Crippen LogP contribution is -2.28. The van der Waals surface area contributed by atoms with Gasteiger partial charge in [0.2, 0.25) is 0 Å². The third-order valence-corrected chi connectivity index (χ3v) is 2.75. The van der Waals surface area contributed by atoms with E-state index >= 15 is 0 Å². The van der Waals surface area contributed by atoms with E-state index in [4.69, 9.17) is 5.73 Å². The van der Waals surface area contributed by atoms with Crippen molar-refractivity contribution >= 4 is 29.8 Å². The molecule has 5 nitrogen and oxygen atoms in total. The summed E-state index contributed by atoms with van der Waals surface area (Å²) in [5.74, 6) is -0.0949. The molecule has 0 saturated carbocycles. The van der Waals surface area contributed by atoms with E-state index < -0.39 is 0 Å². The minimum Gasteiger partial charge on any atom is -0.351 e. The Kier molecular flexibility index (Phi) is 7.20. The zero-order valence-electron chi connectivity index (χ0n) is 9.40. The number of carbonyl (C=O) groups excluding carboxylic acids is 1. The molecule has 7 heteroatoms. The van der Waals surface area contributed by atoms with E-state index in [-0.39, 0.29) is 24.4 Å². The molecule has 1 aromatic rings. The van der Waals surface area contributed by atoms with Crippen molar-refractivity contribution in [3.63, 3.8) is 0 Å². The number of nitrogens with zero attached hydrogens (tertiary/aromatic N) is 2. The van der Waals surface area contributed by atoms with Gasteiger partial charge >= 0.3 is 0 Å². The highest BCUT2D eigenvalue weighted by Gasteiger charge is 2.14. The molecule has 3 N–H and O–H groups in total. The van der Waals surface area contributed by atoms with Gasteiger partial charge in [0.05, 0.1) is 5.69 Å². The summed E-state index contributed by atoms with van der Waals surface area (Å²) in [6.07, 6.45) is 1.51. The van der Waals surface area contributed by atoms with E-state index in [2.05, 4.69) is 14.9 Å². The van der Waals surface area contributed by atoms with Crippen LogP contribution in [0.3, 0.4) is 0 Å². The van der Waals surface area contributed by atoms with Crippen molar-refractivity contribution in [2.45, 2.75) is 32.7 Å². The molecule has 1 amide bonds. The first-order valence-corrected chi connectivity index (χ1v) is 5.77. The maximum Gasteiger partial charge on any atom is 0.264 e. The van der Waals surface area contributed by atoms with Gasteiger partial charge in [-0.1, -0.05) is 11.4 Å². The summed E-state index contributed by atoms with van der Waals surface area (Å²) in [5, 5.41) is 6.68. The average molecular weight is 265 g/mol.